The van der Waals surface area contributed by atoms with Crippen LogP contribution in [0.5, 0.6) is 5.75 Å². The lowest BCUT2D eigenvalue weighted by molar-refractivity contribution is -0.129. The zero-order valence-corrected chi connectivity index (χ0v) is 13.3. The summed E-state index contributed by atoms with van der Waals surface area (Å²) in [4.78, 5) is 23.9. The normalized spacial score (nSPS) is 16.1. The van der Waals surface area contributed by atoms with E-state index < -0.39 is 5.60 Å². The molecule has 0 fully saturated rings. The van der Waals surface area contributed by atoms with E-state index in [2.05, 4.69) is 29.7 Å². The third-order valence-electron chi connectivity index (χ3n) is 3.24. The summed E-state index contributed by atoms with van der Waals surface area (Å²) in [6.45, 7) is 7.52. The lowest BCUT2D eigenvalue weighted by Gasteiger charge is -2.31. The third-order valence-corrected chi connectivity index (χ3v) is 3.24. The molecule has 2 N–H and O–H groups in total. The van der Waals surface area contributed by atoms with Crippen LogP contribution >= 0.6 is 0 Å². The molecule has 1 aliphatic rings. The van der Waals surface area contributed by atoms with Crippen LogP contribution in [-0.4, -0.2) is 23.6 Å². The summed E-state index contributed by atoms with van der Waals surface area (Å²) in [7, 11) is 0. The molecule has 0 atom stereocenters. The minimum atomic E-state index is -0.919. The van der Waals surface area contributed by atoms with Gasteiger partial charge in [0.2, 0.25) is 0 Å². The van der Waals surface area contributed by atoms with Gasteiger partial charge < -0.3 is 10.1 Å². The molecule has 0 saturated heterocycles. The van der Waals surface area contributed by atoms with Gasteiger partial charge in [0.25, 0.3) is 11.8 Å². The van der Waals surface area contributed by atoms with Crippen LogP contribution in [0, 0.1) is 5.92 Å². The Labute approximate surface area is 129 Å². The number of fused-ring (bicyclic) bond motifs is 1. The molecule has 0 radical (unpaired) electrons. The molecule has 6 heteroatoms. The number of benzene rings is 1. The fourth-order valence-corrected chi connectivity index (χ4v) is 1.88. The van der Waals surface area contributed by atoms with Crippen molar-refractivity contribution >= 4 is 23.7 Å². The van der Waals surface area contributed by atoms with Crippen LogP contribution in [-0.2, 0) is 4.79 Å². The largest absolute Gasteiger partial charge is 0.476 e. The number of ether oxygens (including phenoxy) is 1. The molecule has 0 aromatic heterocycles. The molecule has 0 saturated carbocycles. The first-order chi connectivity index (χ1) is 10.3. The molecular formula is C16H21N3O3. The summed E-state index contributed by atoms with van der Waals surface area (Å²) < 4.78 is 5.62. The summed E-state index contributed by atoms with van der Waals surface area (Å²) in [5.74, 6) is 0.457. The van der Waals surface area contributed by atoms with E-state index in [1.165, 1.54) is 0 Å². The molecule has 2 amide bonds. The molecule has 0 aliphatic carbocycles. The molecule has 0 bridgehead atoms. The summed E-state index contributed by atoms with van der Waals surface area (Å²) in [5.41, 5.74) is 2.44. The Morgan fingerprint density at radius 3 is 2.86 bits per heavy atom. The van der Waals surface area contributed by atoms with Crippen LogP contribution in [0.25, 0.3) is 0 Å². The van der Waals surface area contributed by atoms with Crippen molar-refractivity contribution in [2.24, 2.45) is 11.0 Å². The monoisotopic (exact) mass is 303 g/mol. The maximum Gasteiger partial charge on any atom is 0.271 e. The maximum absolute atomic E-state index is 12.0. The molecular weight excluding hydrogens is 282 g/mol. The van der Waals surface area contributed by atoms with Crippen LogP contribution in [0.4, 0.5) is 5.69 Å². The Kier molecular flexibility index (Phi) is 4.49. The minimum Gasteiger partial charge on any atom is -0.476 e. The highest BCUT2D eigenvalue weighted by Gasteiger charge is 2.35. The number of nitrogens with one attached hydrogen (secondary N) is 2. The number of carbonyl (C=O) groups is 2. The van der Waals surface area contributed by atoms with Crippen LogP contribution < -0.4 is 15.5 Å². The lowest BCUT2D eigenvalue weighted by Crippen LogP contribution is -2.45. The number of nitrogens with zero attached hydrogens (tertiary/aromatic N) is 1. The predicted molar refractivity (Wildman–Crippen MR) is 85.2 cm³/mol. The number of hydrogen-bond donors (Lipinski definition) is 2. The molecule has 1 aromatic carbocycles. The molecule has 1 aromatic rings. The van der Waals surface area contributed by atoms with Crippen molar-refractivity contribution in [2.45, 2.75) is 39.7 Å². The molecule has 118 valence electrons. The van der Waals surface area contributed by atoms with Gasteiger partial charge in [-0.2, -0.15) is 5.10 Å². The molecule has 0 spiro atoms. The Morgan fingerprint density at radius 1 is 1.45 bits per heavy atom. The highest BCUT2D eigenvalue weighted by Crippen LogP contribution is 2.34. The van der Waals surface area contributed by atoms with Crippen molar-refractivity contribution in [3.8, 4) is 5.75 Å². The van der Waals surface area contributed by atoms with Gasteiger partial charge in [-0.15, -0.1) is 0 Å². The minimum absolute atomic E-state index is 0.243. The van der Waals surface area contributed by atoms with Gasteiger partial charge in [0.05, 0.1) is 5.69 Å². The van der Waals surface area contributed by atoms with Crippen molar-refractivity contribution in [1.29, 1.82) is 0 Å². The Morgan fingerprint density at radius 2 is 2.18 bits per heavy atom. The SMILES string of the molecule is CC(C)C/C=N/NC(=O)c1ccc2c(c1)NC(=O)C(C)(C)O2. The van der Waals surface area contributed by atoms with Gasteiger partial charge in [-0.3, -0.25) is 9.59 Å². The van der Waals surface area contributed by atoms with Gasteiger partial charge in [-0.05, 0) is 44.4 Å². The second kappa shape index (κ2) is 6.17. The number of anilines is 1. The summed E-state index contributed by atoms with van der Waals surface area (Å²) in [6.07, 6.45) is 2.47. The summed E-state index contributed by atoms with van der Waals surface area (Å²) in [5, 5.41) is 6.64. The van der Waals surface area contributed by atoms with Crippen molar-refractivity contribution in [3.63, 3.8) is 0 Å². The van der Waals surface area contributed by atoms with E-state index >= 15 is 0 Å². The summed E-state index contributed by atoms with van der Waals surface area (Å²) in [6, 6.07) is 4.89. The van der Waals surface area contributed by atoms with Crippen LogP contribution in [0.2, 0.25) is 0 Å². The predicted octanol–water partition coefficient (Wildman–Crippen LogP) is 2.56. The molecule has 1 aliphatic heterocycles. The van der Waals surface area contributed by atoms with Gasteiger partial charge in [0.1, 0.15) is 5.75 Å². The van der Waals surface area contributed by atoms with Crippen LogP contribution in [0.1, 0.15) is 44.5 Å². The van der Waals surface area contributed by atoms with E-state index in [-0.39, 0.29) is 11.8 Å². The van der Waals surface area contributed by atoms with Crippen molar-refractivity contribution < 1.29 is 14.3 Å². The van der Waals surface area contributed by atoms with Gasteiger partial charge >= 0.3 is 0 Å². The second-order valence-electron chi connectivity index (χ2n) is 6.16. The van der Waals surface area contributed by atoms with Crippen LogP contribution in [0.15, 0.2) is 23.3 Å². The number of carbonyl (C=O) groups excluding carboxylic acids is 2. The zero-order valence-electron chi connectivity index (χ0n) is 13.3. The molecule has 6 nitrogen and oxygen atoms in total. The van der Waals surface area contributed by atoms with Gasteiger partial charge in [-0.1, -0.05) is 13.8 Å². The van der Waals surface area contributed by atoms with Gasteiger partial charge in [0.15, 0.2) is 5.60 Å². The standard InChI is InChI=1S/C16H21N3O3/c1-10(2)7-8-17-19-14(20)11-5-6-13-12(9-11)18-15(21)16(3,4)22-13/h5-6,8-10H,7H2,1-4H3,(H,18,21)(H,19,20)/b17-8+. The Bertz CT molecular complexity index is 621. The highest BCUT2D eigenvalue weighted by molar-refractivity contribution is 6.02. The van der Waals surface area contributed by atoms with Gasteiger partial charge in [-0.25, -0.2) is 5.43 Å². The quantitative estimate of drug-likeness (QED) is 0.662. The Balaban J connectivity index is 2.09. The van der Waals surface area contributed by atoms with Crippen LogP contribution in [0.3, 0.4) is 0 Å². The number of rotatable bonds is 4. The van der Waals surface area contributed by atoms with Gasteiger partial charge in [0, 0.05) is 11.8 Å². The lowest BCUT2D eigenvalue weighted by atomic mass is 10.0. The molecule has 22 heavy (non-hydrogen) atoms. The highest BCUT2D eigenvalue weighted by atomic mass is 16.5. The number of hydrazone groups is 1. The molecule has 2 rings (SSSR count). The van der Waals surface area contributed by atoms with E-state index in [1.807, 2.05) is 0 Å². The first-order valence-electron chi connectivity index (χ1n) is 7.26. The van der Waals surface area contributed by atoms with Crippen molar-refractivity contribution in [1.82, 2.24) is 5.43 Å². The smallest absolute Gasteiger partial charge is 0.271 e. The van der Waals surface area contributed by atoms with Crippen molar-refractivity contribution in [3.05, 3.63) is 23.8 Å². The fraction of sp³-hybridized carbons (Fsp3) is 0.438. The van der Waals surface area contributed by atoms with E-state index in [4.69, 9.17) is 4.74 Å². The maximum atomic E-state index is 12.0. The average molecular weight is 303 g/mol. The Hall–Kier alpha value is -2.37. The third kappa shape index (κ3) is 3.63. The second-order valence-corrected chi connectivity index (χ2v) is 6.16. The topological polar surface area (TPSA) is 79.8 Å². The van der Waals surface area contributed by atoms with E-state index in [9.17, 15) is 9.59 Å². The molecule has 1 heterocycles. The average Bonchev–Trinajstić information content (AvgIpc) is 2.43. The van der Waals surface area contributed by atoms with E-state index in [0.29, 0.717) is 22.9 Å². The number of amides is 2. The zero-order chi connectivity index (χ0) is 16.3. The van der Waals surface area contributed by atoms with E-state index in [1.54, 1.807) is 38.3 Å². The van der Waals surface area contributed by atoms with Crippen molar-refractivity contribution in [2.75, 3.05) is 5.32 Å². The number of hydrogen-bond acceptors (Lipinski definition) is 4. The first-order valence-corrected chi connectivity index (χ1v) is 7.26. The first kappa shape index (κ1) is 16.0. The fourth-order valence-electron chi connectivity index (χ4n) is 1.88. The summed E-state index contributed by atoms with van der Waals surface area (Å²) >= 11 is 0. The molecule has 0 unspecified atom stereocenters. The van der Waals surface area contributed by atoms with E-state index in [0.717, 1.165) is 6.42 Å².